The number of benzene rings is 2. The molecule has 0 bridgehead atoms. The summed E-state index contributed by atoms with van der Waals surface area (Å²) in [7, 11) is 0. The van der Waals surface area contributed by atoms with Crippen LogP contribution in [0.25, 0.3) is 0 Å². The number of halogens is 1. The lowest BCUT2D eigenvalue weighted by Crippen LogP contribution is -2.24. The molecule has 0 amide bonds. The SMILES string of the molecule is CSc1ccccc1NC(=S)N/N=C\c1cccn1Cc1ccccc1Cl. The van der Waals surface area contributed by atoms with Gasteiger partial charge in [-0.3, -0.25) is 5.43 Å². The van der Waals surface area contributed by atoms with Gasteiger partial charge in [0.25, 0.3) is 0 Å². The molecule has 0 radical (unpaired) electrons. The lowest BCUT2D eigenvalue weighted by Gasteiger charge is -2.10. The van der Waals surface area contributed by atoms with Crippen molar-refractivity contribution in [2.75, 3.05) is 11.6 Å². The van der Waals surface area contributed by atoms with Crippen molar-refractivity contribution in [2.45, 2.75) is 11.4 Å². The number of thiocarbonyl (C=S) groups is 1. The van der Waals surface area contributed by atoms with E-state index in [1.165, 1.54) is 0 Å². The van der Waals surface area contributed by atoms with Gasteiger partial charge in [0.1, 0.15) is 0 Å². The molecule has 0 atom stereocenters. The number of anilines is 1. The van der Waals surface area contributed by atoms with Gasteiger partial charge in [0.2, 0.25) is 0 Å². The molecule has 27 heavy (non-hydrogen) atoms. The van der Waals surface area contributed by atoms with E-state index in [2.05, 4.69) is 20.4 Å². The zero-order valence-corrected chi connectivity index (χ0v) is 17.1. The fourth-order valence-electron chi connectivity index (χ4n) is 2.55. The molecule has 0 aliphatic rings. The van der Waals surface area contributed by atoms with Gasteiger partial charge in [-0.25, -0.2) is 0 Å². The Morgan fingerprint density at radius 1 is 1.15 bits per heavy atom. The van der Waals surface area contributed by atoms with Gasteiger partial charge >= 0.3 is 0 Å². The summed E-state index contributed by atoms with van der Waals surface area (Å²) in [6, 6.07) is 19.8. The van der Waals surface area contributed by atoms with Crippen LogP contribution in [0.15, 0.2) is 76.9 Å². The van der Waals surface area contributed by atoms with E-state index in [4.69, 9.17) is 23.8 Å². The summed E-state index contributed by atoms with van der Waals surface area (Å²) in [6.45, 7) is 0.678. The Hall–Kier alpha value is -2.28. The van der Waals surface area contributed by atoms with E-state index in [9.17, 15) is 0 Å². The van der Waals surface area contributed by atoms with Crippen LogP contribution in [-0.2, 0) is 6.54 Å². The Kier molecular flexibility index (Phi) is 6.92. The fraction of sp³-hybridized carbons (Fsp3) is 0.100. The Morgan fingerprint density at radius 2 is 1.93 bits per heavy atom. The van der Waals surface area contributed by atoms with Crippen molar-refractivity contribution in [2.24, 2.45) is 5.10 Å². The molecule has 0 saturated carbocycles. The summed E-state index contributed by atoms with van der Waals surface area (Å²) in [5.41, 5.74) is 5.84. The molecule has 0 unspecified atom stereocenters. The van der Waals surface area contributed by atoms with Gasteiger partial charge in [-0.2, -0.15) is 5.10 Å². The molecule has 7 heteroatoms. The number of para-hydroxylation sites is 1. The van der Waals surface area contributed by atoms with Gasteiger partial charge in [-0.1, -0.05) is 41.9 Å². The third kappa shape index (κ3) is 5.35. The Labute approximate surface area is 173 Å². The van der Waals surface area contributed by atoms with Crippen LogP contribution in [0.4, 0.5) is 5.69 Å². The van der Waals surface area contributed by atoms with Gasteiger partial charge < -0.3 is 9.88 Å². The molecule has 2 N–H and O–H groups in total. The van der Waals surface area contributed by atoms with Crippen molar-refractivity contribution in [3.8, 4) is 0 Å². The molecule has 1 aromatic heterocycles. The highest BCUT2D eigenvalue weighted by molar-refractivity contribution is 7.98. The van der Waals surface area contributed by atoms with Crippen LogP contribution in [0.5, 0.6) is 0 Å². The predicted molar refractivity (Wildman–Crippen MR) is 120 cm³/mol. The standard InChI is InChI=1S/C20H19ClN4S2/c1-27-19-11-5-4-10-18(19)23-20(26)24-22-13-16-8-6-12-25(16)14-15-7-2-3-9-17(15)21/h2-13H,14H2,1H3,(H2,23,24,26)/b22-13-. The minimum Gasteiger partial charge on any atom is -0.342 e. The number of hydrazone groups is 1. The molecule has 0 aliphatic carbocycles. The summed E-state index contributed by atoms with van der Waals surface area (Å²) in [4.78, 5) is 1.12. The Morgan fingerprint density at radius 3 is 2.74 bits per heavy atom. The van der Waals surface area contributed by atoms with Crippen LogP contribution in [0, 0.1) is 0 Å². The minimum atomic E-state index is 0.442. The summed E-state index contributed by atoms with van der Waals surface area (Å²) in [5.74, 6) is 0. The molecular weight excluding hydrogens is 396 g/mol. The summed E-state index contributed by atoms with van der Waals surface area (Å²) in [5, 5.41) is 8.61. The van der Waals surface area contributed by atoms with Crippen molar-refractivity contribution in [1.29, 1.82) is 0 Å². The number of hydrogen-bond donors (Lipinski definition) is 2. The van der Waals surface area contributed by atoms with Crippen LogP contribution < -0.4 is 10.7 Å². The quantitative estimate of drug-likeness (QED) is 0.251. The normalized spacial score (nSPS) is 10.9. The molecule has 0 fully saturated rings. The second kappa shape index (κ2) is 9.60. The van der Waals surface area contributed by atoms with Crippen LogP contribution >= 0.6 is 35.6 Å². The maximum Gasteiger partial charge on any atom is 0.191 e. The zero-order chi connectivity index (χ0) is 19.1. The van der Waals surface area contributed by atoms with Crippen molar-refractivity contribution in [3.63, 3.8) is 0 Å². The first-order chi connectivity index (χ1) is 13.2. The first kappa shape index (κ1) is 19.5. The lowest BCUT2D eigenvalue weighted by atomic mass is 10.2. The summed E-state index contributed by atoms with van der Waals surface area (Å²) >= 11 is 13.2. The molecule has 4 nitrogen and oxygen atoms in total. The number of rotatable bonds is 6. The summed E-state index contributed by atoms with van der Waals surface area (Å²) < 4.78 is 2.08. The molecule has 2 aromatic carbocycles. The van der Waals surface area contributed by atoms with Gasteiger partial charge in [0.05, 0.1) is 17.6 Å². The third-order valence-corrected chi connectivity index (χ3v) is 5.24. The monoisotopic (exact) mass is 414 g/mol. The highest BCUT2D eigenvalue weighted by atomic mass is 35.5. The second-order valence-corrected chi connectivity index (χ2v) is 7.34. The van der Waals surface area contributed by atoms with Gasteiger partial charge in [0.15, 0.2) is 5.11 Å². The molecule has 3 rings (SSSR count). The maximum atomic E-state index is 6.25. The number of thioether (sulfide) groups is 1. The van der Waals surface area contributed by atoms with Crippen LogP contribution in [-0.4, -0.2) is 22.1 Å². The molecule has 0 spiro atoms. The average molecular weight is 415 g/mol. The fourth-order valence-corrected chi connectivity index (χ4v) is 3.47. The topological polar surface area (TPSA) is 41.4 Å². The van der Waals surface area contributed by atoms with E-state index in [1.807, 2.05) is 73.1 Å². The molecule has 0 saturated heterocycles. The van der Waals surface area contributed by atoms with E-state index < -0.39 is 0 Å². The maximum absolute atomic E-state index is 6.25. The predicted octanol–water partition coefficient (Wildman–Crippen LogP) is 5.23. The van der Waals surface area contributed by atoms with Crippen LogP contribution in [0.2, 0.25) is 5.02 Å². The first-order valence-electron chi connectivity index (χ1n) is 8.29. The van der Waals surface area contributed by atoms with E-state index >= 15 is 0 Å². The first-order valence-corrected chi connectivity index (χ1v) is 10.3. The van der Waals surface area contributed by atoms with E-state index in [-0.39, 0.29) is 0 Å². The van der Waals surface area contributed by atoms with Crippen LogP contribution in [0.1, 0.15) is 11.3 Å². The minimum absolute atomic E-state index is 0.442. The zero-order valence-electron chi connectivity index (χ0n) is 14.7. The molecule has 3 aromatic rings. The molecule has 1 heterocycles. The van der Waals surface area contributed by atoms with Gasteiger partial charge in [-0.15, -0.1) is 11.8 Å². The lowest BCUT2D eigenvalue weighted by molar-refractivity contribution is 0.799. The third-order valence-electron chi connectivity index (χ3n) is 3.88. The van der Waals surface area contributed by atoms with Gasteiger partial charge in [-0.05, 0) is 54.4 Å². The van der Waals surface area contributed by atoms with Crippen LogP contribution in [0.3, 0.4) is 0 Å². The number of hydrogen-bond acceptors (Lipinski definition) is 3. The molecular formula is C20H19ClN4S2. The largest absolute Gasteiger partial charge is 0.342 e. The van der Waals surface area contributed by atoms with Crippen molar-refractivity contribution in [3.05, 3.63) is 83.1 Å². The number of nitrogens with zero attached hydrogens (tertiary/aromatic N) is 2. The van der Waals surface area contributed by atoms with Crippen molar-refractivity contribution < 1.29 is 0 Å². The number of aromatic nitrogens is 1. The van der Waals surface area contributed by atoms with E-state index in [0.717, 1.165) is 26.9 Å². The smallest absolute Gasteiger partial charge is 0.191 e. The Bertz CT molecular complexity index is 952. The highest BCUT2D eigenvalue weighted by Crippen LogP contribution is 2.24. The summed E-state index contributed by atoms with van der Waals surface area (Å²) in [6.07, 6.45) is 5.77. The highest BCUT2D eigenvalue weighted by Gasteiger charge is 2.04. The van der Waals surface area contributed by atoms with Crippen molar-refractivity contribution in [1.82, 2.24) is 9.99 Å². The number of nitrogens with one attached hydrogen (secondary N) is 2. The average Bonchev–Trinajstić information content (AvgIpc) is 3.11. The van der Waals surface area contributed by atoms with E-state index in [1.54, 1.807) is 18.0 Å². The second-order valence-electron chi connectivity index (χ2n) is 5.68. The molecule has 0 aliphatic heterocycles. The Balaban J connectivity index is 1.61. The van der Waals surface area contributed by atoms with E-state index in [0.29, 0.717) is 11.7 Å². The van der Waals surface area contributed by atoms with Crippen molar-refractivity contribution >= 4 is 52.6 Å². The van der Waals surface area contributed by atoms with Gasteiger partial charge in [0, 0.05) is 22.7 Å². The molecule has 138 valence electrons.